The largest absolute Gasteiger partial charge is 0.379 e. The van der Waals surface area contributed by atoms with Crippen LogP contribution in [0.25, 0.3) is 10.4 Å². The van der Waals surface area contributed by atoms with Gasteiger partial charge in [0.2, 0.25) is 5.91 Å². The van der Waals surface area contributed by atoms with Crippen LogP contribution in [0.3, 0.4) is 0 Å². The summed E-state index contributed by atoms with van der Waals surface area (Å²) in [6, 6.07) is -0.172. The van der Waals surface area contributed by atoms with Crippen LogP contribution in [0.4, 0.5) is 0 Å². The van der Waals surface area contributed by atoms with Gasteiger partial charge in [0.1, 0.15) is 0 Å². The van der Waals surface area contributed by atoms with Crippen LogP contribution in [0.5, 0.6) is 0 Å². The maximum atomic E-state index is 11.5. The zero-order chi connectivity index (χ0) is 19.4. The first-order valence-electron chi connectivity index (χ1n) is 9.21. The Morgan fingerprint density at radius 1 is 1.15 bits per heavy atom. The monoisotopic (exact) mass is 372 g/mol. The number of hydrogen-bond donors (Lipinski definition) is 1. The minimum Gasteiger partial charge on any atom is -0.379 e. The van der Waals surface area contributed by atoms with Crippen LogP contribution in [0, 0.1) is 11.8 Å². The third-order valence-corrected chi connectivity index (χ3v) is 4.64. The molecular weight excluding hydrogens is 340 g/mol. The van der Waals surface area contributed by atoms with Crippen LogP contribution in [-0.4, -0.2) is 63.9 Å². The molecular formula is C17H32N4O5. The van der Waals surface area contributed by atoms with Crippen molar-refractivity contribution in [3.63, 3.8) is 0 Å². The van der Waals surface area contributed by atoms with Crippen molar-refractivity contribution in [3.05, 3.63) is 10.4 Å². The summed E-state index contributed by atoms with van der Waals surface area (Å²) in [5.74, 6) is 0.513. The molecule has 1 rings (SSSR count). The Labute approximate surface area is 155 Å². The number of azide groups is 1. The molecule has 0 aromatic rings. The molecule has 0 aliphatic carbocycles. The van der Waals surface area contributed by atoms with E-state index < -0.39 is 6.29 Å². The molecule has 1 amide bonds. The lowest BCUT2D eigenvalue weighted by Crippen LogP contribution is -2.57. The summed E-state index contributed by atoms with van der Waals surface area (Å²) >= 11 is 0. The fourth-order valence-electron chi connectivity index (χ4n) is 3.03. The molecule has 1 saturated heterocycles. The number of hydrogen-bond acceptors (Lipinski definition) is 6. The lowest BCUT2D eigenvalue weighted by Gasteiger charge is -2.44. The summed E-state index contributed by atoms with van der Waals surface area (Å²) in [7, 11) is 0. The van der Waals surface area contributed by atoms with Gasteiger partial charge in [0.05, 0.1) is 45.2 Å². The second kappa shape index (κ2) is 12.9. The third-order valence-electron chi connectivity index (χ3n) is 4.64. The van der Waals surface area contributed by atoms with E-state index in [4.69, 9.17) is 24.5 Å². The predicted molar refractivity (Wildman–Crippen MR) is 96.5 cm³/mol. The Bertz CT molecular complexity index is 458. The first-order chi connectivity index (χ1) is 12.5. The molecule has 1 heterocycles. The Morgan fingerprint density at radius 2 is 1.81 bits per heavy atom. The van der Waals surface area contributed by atoms with Crippen LogP contribution in [0.1, 0.15) is 34.1 Å². The molecule has 1 aliphatic heterocycles. The normalized spacial score (nSPS) is 28.4. The molecule has 0 radical (unpaired) electrons. The number of nitrogens with zero attached hydrogens (tertiary/aromatic N) is 3. The molecule has 5 atom stereocenters. The topological polar surface area (TPSA) is 115 Å². The van der Waals surface area contributed by atoms with Crippen molar-refractivity contribution in [1.29, 1.82) is 0 Å². The zero-order valence-corrected chi connectivity index (χ0v) is 16.2. The molecule has 9 nitrogen and oxygen atoms in total. The minimum atomic E-state index is -0.473. The Kier molecular flexibility index (Phi) is 11.2. The van der Waals surface area contributed by atoms with E-state index >= 15 is 0 Å². The summed E-state index contributed by atoms with van der Waals surface area (Å²) in [5.41, 5.74) is 8.13. The van der Waals surface area contributed by atoms with E-state index in [1.165, 1.54) is 6.92 Å². The fraction of sp³-hybridized carbons (Fsp3) is 0.941. The van der Waals surface area contributed by atoms with Gasteiger partial charge in [-0.3, -0.25) is 4.79 Å². The Morgan fingerprint density at radius 3 is 2.42 bits per heavy atom. The first-order valence-corrected chi connectivity index (χ1v) is 9.21. The highest BCUT2D eigenvalue weighted by Crippen LogP contribution is 2.32. The molecule has 1 aliphatic rings. The molecule has 0 saturated carbocycles. The van der Waals surface area contributed by atoms with Crippen LogP contribution in [0.15, 0.2) is 5.11 Å². The zero-order valence-electron chi connectivity index (χ0n) is 16.2. The smallest absolute Gasteiger partial charge is 0.217 e. The second-order valence-electron chi connectivity index (χ2n) is 6.45. The van der Waals surface area contributed by atoms with Crippen LogP contribution in [0.2, 0.25) is 0 Å². The van der Waals surface area contributed by atoms with E-state index in [1.54, 1.807) is 0 Å². The standard InChI is InChI=1S/C17H32N4O5/c1-5-15-12(2)13(3)16(20-14(4)22)17(26-15)25-11-10-24-9-8-23-7-6-19-21-18/h12-13,15-17H,5-11H2,1-4H3,(H,20,22). The number of rotatable bonds is 12. The summed E-state index contributed by atoms with van der Waals surface area (Å²) in [4.78, 5) is 14.2. The van der Waals surface area contributed by atoms with Crippen molar-refractivity contribution in [2.45, 2.75) is 52.6 Å². The van der Waals surface area contributed by atoms with Gasteiger partial charge in [-0.05, 0) is 23.8 Å². The van der Waals surface area contributed by atoms with Crippen molar-refractivity contribution < 1.29 is 23.7 Å². The molecule has 150 valence electrons. The van der Waals surface area contributed by atoms with E-state index in [1.807, 2.05) is 0 Å². The molecule has 0 aromatic heterocycles. The van der Waals surface area contributed by atoms with Crippen molar-refractivity contribution >= 4 is 5.91 Å². The number of carbonyl (C=O) groups is 1. The molecule has 0 spiro atoms. The molecule has 9 heteroatoms. The van der Waals surface area contributed by atoms with Gasteiger partial charge in [-0.1, -0.05) is 25.9 Å². The highest BCUT2D eigenvalue weighted by Gasteiger charge is 2.41. The number of carbonyl (C=O) groups excluding carboxylic acids is 1. The van der Waals surface area contributed by atoms with Gasteiger partial charge in [-0.25, -0.2) is 0 Å². The average Bonchev–Trinajstić information content (AvgIpc) is 2.62. The van der Waals surface area contributed by atoms with Gasteiger partial charge in [0, 0.05) is 18.4 Å². The fourth-order valence-corrected chi connectivity index (χ4v) is 3.03. The summed E-state index contributed by atoms with van der Waals surface area (Å²) in [6.45, 7) is 10.2. The molecule has 0 bridgehead atoms. The van der Waals surface area contributed by atoms with Gasteiger partial charge in [-0.2, -0.15) is 0 Å². The van der Waals surface area contributed by atoms with Crippen molar-refractivity contribution in [1.82, 2.24) is 5.32 Å². The molecule has 26 heavy (non-hydrogen) atoms. The Balaban J connectivity index is 2.30. The van der Waals surface area contributed by atoms with Crippen LogP contribution in [-0.2, 0) is 23.7 Å². The Hall–Kier alpha value is -1.38. The lowest BCUT2D eigenvalue weighted by molar-refractivity contribution is -0.239. The maximum Gasteiger partial charge on any atom is 0.217 e. The van der Waals surface area contributed by atoms with Crippen molar-refractivity contribution in [3.8, 4) is 0 Å². The summed E-state index contributed by atoms with van der Waals surface area (Å²) in [5, 5.41) is 6.33. The SMILES string of the molecule is CCC1OC(OCCOCCOCCN=[N+]=[N-])C(NC(C)=O)C(C)C1C. The van der Waals surface area contributed by atoms with Crippen molar-refractivity contribution in [2.24, 2.45) is 17.0 Å². The van der Waals surface area contributed by atoms with Gasteiger partial charge in [0.25, 0.3) is 0 Å². The lowest BCUT2D eigenvalue weighted by atomic mass is 9.81. The van der Waals surface area contributed by atoms with Gasteiger partial charge in [-0.15, -0.1) is 0 Å². The number of amides is 1. The van der Waals surface area contributed by atoms with E-state index in [-0.39, 0.29) is 24.0 Å². The molecule has 1 N–H and O–H groups in total. The second-order valence-corrected chi connectivity index (χ2v) is 6.45. The quantitative estimate of drug-likeness (QED) is 0.244. The first kappa shape index (κ1) is 22.7. The summed E-state index contributed by atoms with van der Waals surface area (Å²) < 4.78 is 22.6. The third kappa shape index (κ3) is 7.88. The minimum absolute atomic E-state index is 0.0877. The molecule has 5 unspecified atom stereocenters. The van der Waals surface area contributed by atoms with E-state index in [2.05, 4.69) is 36.1 Å². The molecule has 1 fully saturated rings. The predicted octanol–water partition coefficient (Wildman–Crippen LogP) is 2.26. The van der Waals surface area contributed by atoms with Crippen molar-refractivity contribution in [2.75, 3.05) is 39.6 Å². The van der Waals surface area contributed by atoms with Gasteiger partial charge >= 0.3 is 0 Å². The highest BCUT2D eigenvalue weighted by molar-refractivity contribution is 5.73. The summed E-state index contributed by atoms with van der Waals surface area (Å²) in [6.07, 6.45) is 0.547. The average molecular weight is 372 g/mol. The maximum absolute atomic E-state index is 11.5. The van der Waals surface area contributed by atoms with Gasteiger partial charge in [0.15, 0.2) is 6.29 Å². The number of nitrogens with one attached hydrogen (secondary N) is 1. The van der Waals surface area contributed by atoms with Crippen LogP contribution >= 0.6 is 0 Å². The number of ether oxygens (including phenoxy) is 4. The molecule has 0 aromatic carbocycles. The van der Waals surface area contributed by atoms with E-state index in [0.29, 0.717) is 45.5 Å². The van der Waals surface area contributed by atoms with E-state index in [0.717, 1.165) is 6.42 Å². The highest BCUT2D eigenvalue weighted by atomic mass is 16.7. The van der Waals surface area contributed by atoms with E-state index in [9.17, 15) is 4.79 Å². The van der Waals surface area contributed by atoms with Crippen LogP contribution < -0.4 is 5.32 Å². The van der Waals surface area contributed by atoms with Gasteiger partial charge < -0.3 is 24.3 Å².